The summed E-state index contributed by atoms with van der Waals surface area (Å²) in [5.41, 5.74) is 3.97. The van der Waals surface area contributed by atoms with Crippen LogP contribution in [0.1, 0.15) is 16.7 Å². The maximum atomic E-state index is 5.83. The number of halogens is 2. The number of rotatable bonds is 6. The molecule has 25 heavy (non-hydrogen) atoms. The molecule has 0 amide bonds. The number of nitrogens with zero attached hydrogens (tertiary/aromatic N) is 1. The Labute approximate surface area is 163 Å². The first-order valence-electron chi connectivity index (χ1n) is 8.50. The fourth-order valence-corrected chi connectivity index (χ4v) is 2.93. The molecule has 0 unspecified atom stereocenters. The zero-order chi connectivity index (χ0) is 15.9. The van der Waals surface area contributed by atoms with Gasteiger partial charge in [-0.1, -0.05) is 36.4 Å². The summed E-state index contributed by atoms with van der Waals surface area (Å²) in [7, 11) is 0. The second-order valence-electron chi connectivity index (χ2n) is 6.26. The molecule has 0 aliphatic carbocycles. The normalized spacial score (nSPS) is 14.3. The van der Waals surface area contributed by atoms with Crippen molar-refractivity contribution >= 4 is 24.8 Å². The number of hydrogen-bond donors (Lipinski definition) is 1. The van der Waals surface area contributed by atoms with Gasteiger partial charge in [0, 0.05) is 39.1 Å². The lowest BCUT2D eigenvalue weighted by Gasteiger charge is -2.27. The van der Waals surface area contributed by atoms with Crippen LogP contribution in [0, 0.1) is 6.92 Å². The zero-order valence-corrected chi connectivity index (χ0v) is 16.4. The van der Waals surface area contributed by atoms with E-state index in [-0.39, 0.29) is 24.8 Å². The van der Waals surface area contributed by atoms with Crippen molar-refractivity contribution in [1.29, 1.82) is 0 Å². The van der Waals surface area contributed by atoms with Gasteiger partial charge in [-0.2, -0.15) is 0 Å². The van der Waals surface area contributed by atoms with Crippen LogP contribution in [0.15, 0.2) is 48.5 Å². The first-order chi connectivity index (χ1) is 11.3. The van der Waals surface area contributed by atoms with Crippen molar-refractivity contribution in [1.82, 2.24) is 10.2 Å². The number of piperazine rings is 1. The Hall–Kier alpha value is -1.26. The van der Waals surface area contributed by atoms with Gasteiger partial charge < -0.3 is 10.1 Å². The van der Waals surface area contributed by atoms with Gasteiger partial charge in [-0.25, -0.2) is 0 Å². The fraction of sp³-hybridized carbons (Fsp3) is 0.400. The van der Waals surface area contributed by atoms with Crippen LogP contribution in [-0.4, -0.2) is 37.7 Å². The highest BCUT2D eigenvalue weighted by Crippen LogP contribution is 2.13. The summed E-state index contributed by atoms with van der Waals surface area (Å²) in [5.74, 6) is 0.959. The summed E-state index contributed by atoms with van der Waals surface area (Å²) < 4.78 is 5.83. The molecule has 1 fully saturated rings. The predicted molar refractivity (Wildman–Crippen MR) is 109 cm³/mol. The Morgan fingerprint density at radius 3 is 2.32 bits per heavy atom. The quantitative estimate of drug-likeness (QED) is 0.820. The summed E-state index contributed by atoms with van der Waals surface area (Å²) in [6, 6.07) is 17.2. The summed E-state index contributed by atoms with van der Waals surface area (Å²) in [4.78, 5) is 2.51. The van der Waals surface area contributed by atoms with E-state index in [0.717, 1.165) is 51.5 Å². The number of benzene rings is 2. The molecular weight excluding hydrogens is 355 g/mol. The largest absolute Gasteiger partial charge is 0.493 e. The number of aryl methyl sites for hydroxylation is 1. The summed E-state index contributed by atoms with van der Waals surface area (Å²) >= 11 is 0. The smallest absolute Gasteiger partial charge is 0.119 e. The van der Waals surface area contributed by atoms with Gasteiger partial charge in [-0.15, -0.1) is 24.8 Å². The fourth-order valence-electron chi connectivity index (χ4n) is 2.93. The van der Waals surface area contributed by atoms with E-state index in [1.54, 1.807) is 0 Å². The number of nitrogens with one attached hydrogen (secondary N) is 1. The Morgan fingerprint density at radius 1 is 0.960 bits per heavy atom. The molecule has 2 aromatic rings. The minimum Gasteiger partial charge on any atom is -0.493 e. The van der Waals surface area contributed by atoms with Gasteiger partial charge in [-0.05, 0) is 35.7 Å². The van der Waals surface area contributed by atoms with E-state index in [1.165, 1.54) is 16.7 Å². The molecule has 1 aliphatic rings. The topological polar surface area (TPSA) is 24.5 Å². The van der Waals surface area contributed by atoms with Gasteiger partial charge in [0.15, 0.2) is 0 Å². The third-order valence-corrected chi connectivity index (χ3v) is 4.29. The molecule has 0 atom stereocenters. The predicted octanol–water partition coefficient (Wildman–Crippen LogP) is 3.87. The Kier molecular flexibility index (Phi) is 9.91. The zero-order valence-electron chi connectivity index (χ0n) is 14.7. The van der Waals surface area contributed by atoms with E-state index < -0.39 is 0 Å². The van der Waals surface area contributed by atoms with E-state index >= 15 is 0 Å². The van der Waals surface area contributed by atoms with Gasteiger partial charge in [0.1, 0.15) is 5.75 Å². The third kappa shape index (κ3) is 7.25. The summed E-state index contributed by atoms with van der Waals surface area (Å²) in [5, 5.41) is 3.39. The van der Waals surface area contributed by atoms with Crippen LogP contribution >= 0.6 is 24.8 Å². The van der Waals surface area contributed by atoms with Crippen LogP contribution in [0.2, 0.25) is 0 Å². The van der Waals surface area contributed by atoms with Gasteiger partial charge in [0.2, 0.25) is 0 Å². The average Bonchev–Trinajstić information content (AvgIpc) is 2.58. The van der Waals surface area contributed by atoms with Crippen molar-refractivity contribution in [2.75, 3.05) is 32.8 Å². The van der Waals surface area contributed by atoms with Crippen LogP contribution in [0.4, 0.5) is 0 Å². The van der Waals surface area contributed by atoms with Crippen molar-refractivity contribution in [3.8, 4) is 5.75 Å². The van der Waals surface area contributed by atoms with E-state index in [4.69, 9.17) is 4.74 Å². The minimum absolute atomic E-state index is 0. The lowest BCUT2D eigenvalue weighted by atomic mass is 10.1. The maximum Gasteiger partial charge on any atom is 0.119 e. The van der Waals surface area contributed by atoms with E-state index in [0.29, 0.717) is 0 Å². The highest BCUT2D eigenvalue weighted by molar-refractivity contribution is 5.85. The minimum atomic E-state index is 0. The molecule has 1 saturated heterocycles. The Balaban J connectivity index is 0.00000156. The molecule has 5 heteroatoms. The lowest BCUT2D eigenvalue weighted by Crippen LogP contribution is -2.42. The second kappa shape index (κ2) is 11.4. The Morgan fingerprint density at radius 2 is 1.64 bits per heavy atom. The third-order valence-electron chi connectivity index (χ3n) is 4.29. The first-order valence-corrected chi connectivity index (χ1v) is 8.50. The molecule has 0 spiro atoms. The molecule has 1 N–H and O–H groups in total. The standard InChI is InChI=1S/C20H26N2O.2ClH/c1-17-3-2-4-20(15-17)23-14-9-18-5-7-19(8-6-18)16-22-12-10-21-11-13-22;;/h2-8,15,21H,9-14,16H2,1H3;2*1H. The number of ether oxygens (including phenoxy) is 1. The van der Waals surface area contributed by atoms with Crippen LogP contribution in [0.25, 0.3) is 0 Å². The second-order valence-corrected chi connectivity index (χ2v) is 6.26. The number of hydrogen-bond acceptors (Lipinski definition) is 3. The SMILES string of the molecule is Cc1cccc(OCCc2ccc(CN3CCNCC3)cc2)c1.Cl.Cl. The molecule has 0 saturated carbocycles. The highest BCUT2D eigenvalue weighted by atomic mass is 35.5. The van der Waals surface area contributed by atoms with Gasteiger partial charge >= 0.3 is 0 Å². The molecule has 0 aromatic heterocycles. The van der Waals surface area contributed by atoms with Crippen LogP contribution < -0.4 is 10.1 Å². The van der Waals surface area contributed by atoms with E-state index in [9.17, 15) is 0 Å². The molecular formula is C20H28Cl2N2O. The van der Waals surface area contributed by atoms with Gasteiger partial charge in [0.25, 0.3) is 0 Å². The van der Waals surface area contributed by atoms with Crippen molar-refractivity contribution < 1.29 is 4.74 Å². The van der Waals surface area contributed by atoms with Crippen LogP contribution in [-0.2, 0) is 13.0 Å². The van der Waals surface area contributed by atoms with Crippen molar-refractivity contribution in [2.24, 2.45) is 0 Å². The molecule has 3 rings (SSSR count). The monoisotopic (exact) mass is 382 g/mol. The van der Waals surface area contributed by atoms with Crippen molar-refractivity contribution in [3.63, 3.8) is 0 Å². The Bertz CT molecular complexity index is 613. The van der Waals surface area contributed by atoms with Crippen molar-refractivity contribution in [3.05, 3.63) is 65.2 Å². The van der Waals surface area contributed by atoms with Crippen LogP contribution in [0.3, 0.4) is 0 Å². The van der Waals surface area contributed by atoms with E-state index in [2.05, 4.69) is 53.5 Å². The summed E-state index contributed by atoms with van der Waals surface area (Å²) in [6.07, 6.45) is 0.946. The van der Waals surface area contributed by atoms with E-state index in [1.807, 2.05) is 12.1 Å². The lowest BCUT2D eigenvalue weighted by molar-refractivity contribution is 0.233. The highest BCUT2D eigenvalue weighted by Gasteiger charge is 2.09. The van der Waals surface area contributed by atoms with Crippen molar-refractivity contribution in [2.45, 2.75) is 19.9 Å². The average molecular weight is 383 g/mol. The van der Waals surface area contributed by atoms with Gasteiger partial charge in [-0.3, -0.25) is 4.90 Å². The maximum absolute atomic E-state index is 5.83. The summed E-state index contributed by atoms with van der Waals surface area (Å²) in [6.45, 7) is 8.37. The molecule has 0 radical (unpaired) electrons. The first kappa shape index (κ1) is 21.8. The van der Waals surface area contributed by atoms with Crippen LogP contribution in [0.5, 0.6) is 5.75 Å². The molecule has 1 aliphatic heterocycles. The molecule has 0 bridgehead atoms. The molecule has 3 nitrogen and oxygen atoms in total. The van der Waals surface area contributed by atoms with Gasteiger partial charge in [0.05, 0.1) is 6.61 Å². The molecule has 2 aromatic carbocycles. The molecule has 138 valence electrons. The molecule has 1 heterocycles.